The highest BCUT2D eigenvalue weighted by atomic mass is 32.2. The minimum Gasteiger partial charge on any atom is -0.394 e. The second-order valence-corrected chi connectivity index (χ2v) is 26.5. The van der Waals surface area contributed by atoms with Crippen LogP contribution in [0, 0.1) is 0 Å². The SMILES string of the molecule is O=S(=O)(O)CCCCOC[C@H]1O[C@@H]2O[C@H]3[C@H](O)[C@@H](O)[C@@H](O[C@H]4[C@H](O)[C@@H](O)[C@@H](O[C@H]5[C@H](O)[C@@H](O)[C@@H](O[C@H]6[C@H](O)[C@@H](O)[C@@H](O[C@H]7[C@H](O)[C@@H](O)[C@@H](O[C@H]8[C@H](O)[C@@H](O)[C@@H](O[C@H]1[C@H](O)[C@H]2OCCCCS(=O)(=O)O)O[C@@H]8CO)O[C@@H]7CO)O[C@@H]6CO)O[C@@H]5CO)O[C@@H]4CO)O[C@@H]3CO. The molecule has 21 fully saturated rings. The number of rotatable bonds is 19. The average molecular weight is 1410 g/mol. The second-order valence-electron chi connectivity index (χ2n) is 23.4. The topological polar surface area (TPSA) is 641 Å². The van der Waals surface area contributed by atoms with Crippen LogP contribution in [0.1, 0.15) is 25.7 Å². The summed E-state index contributed by atoms with van der Waals surface area (Å²) in [6.07, 6.45) is -72.5. The van der Waals surface area contributed by atoms with E-state index in [2.05, 4.69) is 0 Å². The van der Waals surface area contributed by atoms with E-state index in [4.69, 9.17) is 75.8 Å². The molecular weight excluding hydrogens is 1320 g/mol. The summed E-state index contributed by atoms with van der Waals surface area (Å²) in [7, 11) is -8.92. The van der Waals surface area contributed by atoms with Crippen molar-refractivity contribution < 1.29 is 199 Å². The zero-order valence-corrected chi connectivity index (χ0v) is 50.8. The van der Waals surface area contributed by atoms with Crippen LogP contribution in [0.5, 0.6) is 0 Å². The molecule has 0 aliphatic carbocycles. The summed E-state index contributed by atoms with van der Waals surface area (Å²) in [6, 6.07) is 0. The summed E-state index contributed by atoms with van der Waals surface area (Å²) in [4.78, 5) is 0. The van der Waals surface area contributed by atoms with Gasteiger partial charge >= 0.3 is 0 Å². The molecule has 21 heterocycles. The quantitative estimate of drug-likeness (QED) is 0.0422. The van der Waals surface area contributed by atoms with Gasteiger partial charge in [-0.15, -0.1) is 0 Å². The van der Waals surface area contributed by atoms with Crippen molar-refractivity contribution in [1.82, 2.24) is 0 Å². The van der Waals surface area contributed by atoms with Gasteiger partial charge in [-0.1, -0.05) is 0 Å². The lowest BCUT2D eigenvalue weighted by Gasteiger charge is -2.50. The highest BCUT2D eigenvalue weighted by Gasteiger charge is 2.60. The Kier molecular flexibility index (Phi) is 28.0. The van der Waals surface area contributed by atoms with E-state index in [1.807, 2.05) is 0 Å². The molecule has 43 heteroatoms. The summed E-state index contributed by atoms with van der Waals surface area (Å²) in [6.45, 7) is -8.07. The van der Waals surface area contributed by atoms with E-state index in [-0.39, 0.29) is 32.3 Å². The molecule has 544 valence electrons. The highest BCUT2D eigenvalue weighted by molar-refractivity contribution is 7.86. The van der Waals surface area contributed by atoms with Crippen molar-refractivity contribution in [3.63, 3.8) is 0 Å². The Morgan fingerprint density at radius 2 is 0.495 bits per heavy atom. The maximum absolute atomic E-state index is 12.3. The van der Waals surface area contributed by atoms with E-state index >= 15 is 0 Å². The third kappa shape index (κ3) is 18.1. The zero-order valence-electron chi connectivity index (χ0n) is 49.2. The Balaban J connectivity index is 1.13. The molecule has 0 radical (unpaired) electrons. The molecule has 21 N–H and O–H groups in total. The van der Waals surface area contributed by atoms with Crippen molar-refractivity contribution in [3.05, 3.63) is 0 Å². The third-order valence-electron chi connectivity index (χ3n) is 16.9. The molecule has 0 amide bonds. The second kappa shape index (κ2) is 33.7. The Morgan fingerprint density at radius 3 is 0.742 bits per heavy atom. The fraction of sp³-hybridized carbons (Fsp3) is 1.00. The predicted molar refractivity (Wildman–Crippen MR) is 287 cm³/mol. The van der Waals surface area contributed by atoms with Gasteiger partial charge in [0.05, 0.1) is 57.8 Å². The molecular formula is C50H86O41S2. The molecule has 0 unspecified atom stereocenters. The number of unbranched alkanes of at least 4 members (excludes halogenated alkanes) is 2. The fourth-order valence-electron chi connectivity index (χ4n) is 11.9. The Hall–Kier alpha value is -1.58. The first-order valence-electron chi connectivity index (χ1n) is 29.8. The molecule has 21 aliphatic heterocycles. The lowest BCUT2D eigenvalue weighted by atomic mass is 9.95. The number of aliphatic hydroxyl groups is 19. The normalized spacial score (nSPS) is 48.2. The highest BCUT2D eigenvalue weighted by Crippen LogP contribution is 2.39. The Bertz CT molecular complexity index is 2490. The molecule has 0 aromatic heterocycles. The third-order valence-corrected chi connectivity index (χ3v) is 18.5. The van der Waals surface area contributed by atoms with Gasteiger partial charge in [0.2, 0.25) is 0 Å². The van der Waals surface area contributed by atoms with Crippen LogP contribution in [0.2, 0.25) is 0 Å². The van der Waals surface area contributed by atoms with Crippen LogP contribution < -0.4 is 0 Å². The minimum atomic E-state index is -4.50. The van der Waals surface area contributed by atoms with Crippen molar-refractivity contribution in [2.45, 2.75) is 241 Å². The van der Waals surface area contributed by atoms with Crippen LogP contribution in [0.4, 0.5) is 0 Å². The molecule has 35 atom stereocenters. The largest absolute Gasteiger partial charge is 0.394 e. The molecule has 0 saturated carbocycles. The lowest BCUT2D eigenvalue weighted by Crippen LogP contribution is -2.68. The fourth-order valence-corrected chi connectivity index (χ4v) is 13.0. The van der Waals surface area contributed by atoms with Crippen molar-refractivity contribution in [2.24, 2.45) is 0 Å². The first-order chi connectivity index (χ1) is 44.0. The van der Waals surface area contributed by atoms with Gasteiger partial charge in [0.1, 0.15) is 171 Å². The van der Waals surface area contributed by atoms with Crippen LogP contribution in [0.25, 0.3) is 0 Å². The van der Waals surface area contributed by atoms with E-state index in [0.29, 0.717) is 0 Å². The molecule has 0 aromatic carbocycles. The van der Waals surface area contributed by atoms with Gasteiger partial charge in [-0.05, 0) is 25.7 Å². The maximum atomic E-state index is 12.3. The van der Waals surface area contributed by atoms with Crippen molar-refractivity contribution in [2.75, 3.05) is 71.0 Å². The van der Waals surface area contributed by atoms with Gasteiger partial charge in [-0.2, -0.15) is 16.8 Å². The van der Waals surface area contributed by atoms with Crippen molar-refractivity contribution >= 4 is 20.2 Å². The molecule has 0 aromatic rings. The summed E-state index contributed by atoms with van der Waals surface area (Å²) < 4.78 is 158. The van der Waals surface area contributed by atoms with Gasteiger partial charge in [0.25, 0.3) is 20.2 Å². The molecule has 21 saturated heterocycles. The first-order valence-corrected chi connectivity index (χ1v) is 33.0. The standard InChI is InChI=1S/C50H86O41S2/c51-9-16-36-23(57)29(63)45(78-16)86-38-18(11-53)80-47(31(65)25(38)59)88-40-20(13-55)82-49(33(67)27(40)61)90-42-22(15-76-5-1-3-7-92(70,71)72)84-50(43(35(42)69)77-6-2-4-8-93(73,74)75)91-41-21(14-56)83-48(34(68)28(41)62)89-39-19(12-54)81-46(32(66)26(39)60)87-37-17(10-52)79-44(85-36)30(64)24(37)58/h16-69H,1-15H2,(H,70,71,72)(H,73,74,75)/t16-,17-,18-,19-,20-,21-,22-,23-,24-,25-,26-,27-,28-,29-,30-,31-,32-,33-,34-,35+,36-,37-,38-,39-,40-,41-,42-,43-,44-,45-,46-,47-,48-,49-,50-/m1/s1. The summed E-state index contributed by atoms with van der Waals surface area (Å²) >= 11 is 0. The van der Waals surface area contributed by atoms with Crippen LogP contribution in [0.3, 0.4) is 0 Å². The zero-order chi connectivity index (χ0) is 68.1. The molecule has 21 rings (SSSR count). The smallest absolute Gasteiger partial charge is 0.264 e. The van der Waals surface area contributed by atoms with E-state index in [9.17, 15) is 123 Å². The predicted octanol–water partition coefficient (Wildman–Crippen LogP) is -13.8. The van der Waals surface area contributed by atoms with E-state index in [1.165, 1.54) is 0 Å². The van der Waals surface area contributed by atoms with Crippen LogP contribution in [-0.4, -0.2) is 409 Å². The Morgan fingerprint density at radius 1 is 0.269 bits per heavy atom. The molecule has 0 spiro atoms. The molecule has 21 aliphatic rings. The summed E-state index contributed by atoms with van der Waals surface area (Å²) in [5, 5.41) is 214. The van der Waals surface area contributed by atoms with Crippen LogP contribution in [0.15, 0.2) is 0 Å². The number of hydrogen-bond donors (Lipinski definition) is 21. The molecule has 14 bridgehead atoms. The van der Waals surface area contributed by atoms with E-state index < -0.39 is 300 Å². The number of aliphatic hydroxyl groups excluding tert-OH is 19. The molecule has 93 heavy (non-hydrogen) atoms. The maximum Gasteiger partial charge on any atom is 0.264 e. The van der Waals surface area contributed by atoms with Gasteiger partial charge in [0.15, 0.2) is 44.0 Å². The van der Waals surface area contributed by atoms with Gasteiger partial charge in [0, 0.05) is 13.2 Å². The summed E-state index contributed by atoms with van der Waals surface area (Å²) in [5.74, 6) is -1.44. The first kappa shape index (κ1) is 77.2. The average Bonchev–Trinajstić information content (AvgIpc) is 0.854. The van der Waals surface area contributed by atoms with E-state index in [0.717, 1.165) is 0 Å². The number of hydrogen-bond acceptors (Lipinski definition) is 39. The monoisotopic (exact) mass is 1410 g/mol. The minimum absolute atomic E-state index is 0.0314. The summed E-state index contributed by atoms with van der Waals surface area (Å²) in [5.41, 5.74) is 0. The van der Waals surface area contributed by atoms with Crippen molar-refractivity contribution in [3.8, 4) is 0 Å². The Labute approximate surface area is 529 Å². The molecule has 41 nitrogen and oxygen atoms in total. The number of ether oxygens (including phenoxy) is 16. The van der Waals surface area contributed by atoms with Gasteiger partial charge in [-0.25, -0.2) is 0 Å². The van der Waals surface area contributed by atoms with Crippen LogP contribution in [-0.2, 0) is 96.0 Å². The van der Waals surface area contributed by atoms with Crippen molar-refractivity contribution in [1.29, 1.82) is 0 Å². The van der Waals surface area contributed by atoms with Gasteiger partial charge < -0.3 is 173 Å². The van der Waals surface area contributed by atoms with Gasteiger partial charge in [-0.3, -0.25) is 9.11 Å². The van der Waals surface area contributed by atoms with E-state index in [1.54, 1.807) is 0 Å². The van der Waals surface area contributed by atoms with Crippen LogP contribution >= 0.6 is 0 Å². The lowest BCUT2D eigenvalue weighted by molar-refractivity contribution is -0.398.